The highest BCUT2D eigenvalue weighted by molar-refractivity contribution is 5.97. The fourth-order valence-corrected chi connectivity index (χ4v) is 2.87. The second kappa shape index (κ2) is 9.64. The Hall–Kier alpha value is -3.22. The van der Waals surface area contributed by atoms with Crippen LogP contribution in [0.4, 0.5) is 11.4 Å². The van der Waals surface area contributed by atoms with E-state index in [0.29, 0.717) is 0 Å². The topological polar surface area (TPSA) is 98.5 Å². The Morgan fingerprint density at radius 3 is 2.29 bits per heavy atom. The lowest BCUT2D eigenvalue weighted by Crippen LogP contribution is -2.33. The van der Waals surface area contributed by atoms with Crippen LogP contribution in [0.2, 0.25) is 0 Å². The summed E-state index contributed by atoms with van der Waals surface area (Å²) in [5.74, 6) is -1.59. The van der Waals surface area contributed by atoms with Gasteiger partial charge in [0.2, 0.25) is 0 Å². The first-order chi connectivity index (χ1) is 13.3. The van der Waals surface area contributed by atoms with Crippen molar-refractivity contribution < 1.29 is 19.2 Å². The summed E-state index contributed by atoms with van der Waals surface area (Å²) in [5.41, 5.74) is 0.659. The lowest BCUT2D eigenvalue weighted by Gasteiger charge is -2.23. The molecule has 1 amide bonds. The number of benzene rings is 2. The van der Waals surface area contributed by atoms with Gasteiger partial charge >= 0.3 is 5.97 Å². The summed E-state index contributed by atoms with van der Waals surface area (Å²) >= 11 is 0. The molecule has 1 N–H and O–H groups in total. The summed E-state index contributed by atoms with van der Waals surface area (Å²) in [6, 6.07) is 15.1. The molecule has 0 aliphatic carbocycles. The number of nitro groups is 1. The number of carbonyl (C=O) groups excluding carboxylic acids is 2. The Bertz CT molecular complexity index is 838. The lowest BCUT2D eigenvalue weighted by molar-refractivity contribution is -0.383. The number of esters is 1. The molecule has 2 aromatic carbocycles. The molecule has 2 rings (SSSR count). The summed E-state index contributed by atoms with van der Waals surface area (Å²) in [6.07, 6.45) is -0.326. The Morgan fingerprint density at radius 2 is 1.68 bits per heavy atom. The quantitative estimate of drug-likeness (QED) is 0.416. The van der Waals surface area contributed by atoms with Gasteiger partial charge in [-0.15, -0.1) is 0 Å². The number of nitrogens with zero attached hydrogens (tertiary/aromatic N) is 1. The van der Waals surface area contributed by atoms with Crippen molar-refractivity contribution in [3.63, 3.8) is 0 Å². The third-order valence-corrected chi connectivity index (χ3v) is 4.65. The van der Waals surface area contributed by atoms with Gasteiger partial charge in [0.25, 0.3) is 11.6 Å². The molecule has 7 heteroatoms. The Balaban J connectivity index is 2.12. The second-order valence-corrected chi connectivity index (χ2v) is 6.62. The lowest BCUT2D eigenvalue weighted by atomic mass is 9.85. The molecular formula is C21H24N2O5. The van der Waals surface area contributed by atoms with Crippen LogP contribution in [0.25, 0.3) is 0 Å². The zero-order valence-electron chi connectivity index (χ0n) is 16.1. The van der Waals surface area contributed by atoms with Crippen molar-refractivity contribution in [3.05, 3.63) is 70.3 Å². The molecule has 2 aromatic rings. The summed E-state index contributed by atoms with van der Waals surface area (Å²) in [5, 5.41) is 13.5. The highest BCUT2D eigenvalue weighted by Crippen LogP contribution is 2.29. The van der Waals surface area contributed by atoms with E-state index in [1.807, 2.05) is 44.2 Å². The van der Waals surface area contributed by atoms with E-state index in [1.165, 1.54) is 25.1 Å². The van der Waals surface area contributed by atoms with Gasteiger partial charge in [0.15, 0.2) is 6.10 Å². The molecule has 148 valence electrons. The van der Waals surface area contributed by atoms with E-state index in [1.54, 1.807) is 6.07 Å². The van der Waals surface area contributed by atoms with Crippen LogP contribution in [-0.4, -0.2) is 22.9 Å². The molecule has 0 saturated heterocycles. The maximum Gasteiger partial charge on any atom is 0.314 e. The third kappa shape index (κ3) is 5.16. The molecule has 0 bridgehead atoms. The van der Waals surface area contributed by atoms with Crippen LogP contribution < -0.4 is 5.32 Å². The van der Waals surface area contributed by atoms with Gasteiger partial charge in [-0.1, -0.05) is 62.7 Å². The van der Waals surface area contributed by atoms with Crippen LogP contribution in [0.1, 0.15) is 38.7 Å². The minimum atomic E-state index is -1.09. The number of para-hydroxylation sites is 2. The number of carbonyl (C=O) groups is 2. The first kappa shape index (κ1) is 21.1. The zero-order valence-corrected chi connectivity index (χ0v) is 16.1. The molecule has 28 heavy (non-hydrogen) atoms. The maximum absolute atomic E-state index is 12.8. The smallest absolute Gasteiger partial charge is 0.314 e. The fourth-order valence-electron chi connectivity index (χ4n) is 2.87. The van der Waals surface area contributed by atoms with Crippen LogP contribution in [0.3, 0.4) is 0 Å². The number of nitro benzene ring substituents is 1. The molecule has 0 heterocycles. The highest BCUT2D eigenvalue weighted by Gasteiger charge is 2.30. The second-order valence-electron chi connectivity index (χ2n) is 6.62. The summed E-state index contributed by atoms with van der Waals surface area (Å²) in [7, 11) is 0. The number of hydrogen-bond acceptors (Lipinski definition) is 5. The van der Waals surface area contributed by atoms with Gasteiger partial charge in [0.05, 0.1) is 10.8 Å². The van der Waals surface area contributed by atoms with Gasteiger partial charge in [0.1, 0.15) is 5.69 Å². The minimum Gasteiger partial charge on any atom is -0.452 e. The first-order valence-corrected chi connectivity index (χ1v) is 9.14. The van der Waals surface area contributed by atoms with Crippen molar-refractivity contribution >= 4 is 23.3 Å². The van der Waals surface area contributed by atoms with Crippen LogP contribution in [0.5, 0.6) is 0 Å². The molecule has 0 fully saturated rings. The molecule has 7 nitrogen and oxygen atoms in total. The summed E-state index contributed by atoms with van der Waals surface area (Å²) in [6.45, 7) is 5.39. The van der Waals surface area contributed by atoms with Gasteiger partial charge < -0.3 is 10.1 Å². The average Bonchev–Trinajstić information content (AvgIpc) is 2.68. The van der Waals surface area contributed by atoms with Gasteiger partial charge in [-0.25, -0.2) is 0 Å². The van der Waals surface area contributed by atoms with Crippen molar-refractivity contribution in [3.8, 4) is 0 Å². The Labute approximate surface area is 163 Å². The summed E-state index contributed by atoms with van der Waals surface area (Å²) < 4.78 is 5.40. The van der Waals surface area contributed by atoms with Gasteiger partial charge in [-0.3, -0.25) is 19.7 Å². The van der Waals surface area contributed by atoms with Crippen molar-refractivity contribution in [2.45, 2.75) is 39.2 Å². The van der Waals surface area contributed by atoms with Crippen LogP contribution in [0, 0.1) is 16.0 Å². The largest absolute Gasteiger partial charge is 0.452 e. The Kier molecular flexibility index (Phi) is 7.26. The number of hydrogen-bond donors (Lipinski definition) is 1. The first-order valence-electron chi connectivity index (χ1n) is 9.14. The number of anilines is 1. The van der Waals surface area contributed by atoms with Crippen LogP contribution >= 0.6 is 0 Å². The van der Waals surface area contributed by atoms with E-state index in [-0.39, 0.29) is 17.3 Å². The van der Waals surface area contributed by atoms with E-state index in [0.717, 1.165) is 12.0 Å². The molecule has 0 aromatic heterocycles. The SMILES string of the molecule is CC[C@@H](C)[C@H](C(=O)O[C@@H](C)C(=O)Nc1ccccc1[N+](=O)[O-])c1ccccc1. The number of rotatable bonds is 8. The average molecular weight is 384 g/mol. The maximum atomic E-state index is 12.8. The number of nitrogens with one attached hydrogen (secondary N) is 1. The third-order valence-electron chi connectivity index (χ3n) is 4.65. The predicted octanol–water partition coefficient (Wildman–Crippen LogP) is 4.29. The minimum absolute atomic E-state index is 0.0281. The molecule has 0 unspecified atom stereocenters. The van der Waals surface area contributed by atoms with Crippen LogP contribution in [0.15, 0.2) is 54.6 Å². The normalized spacial score (nSPS) is 13.8. The Morgan fingerprint density at radius 1 is 1.07 bits per heavy atom. The van der Waals surface area contributed by atoms with Crippen molar-refractivity contribution in [1.29, 1.82) is 0 Å². The monoisotopic (exact) mass is 384 g/mol. The fraction of sp³-hybridized carbons (Fsp3) is 0.333. The molecule has 0 saturated carbocycles. The standard InChI is InChI=1S/C21H24N2O5/c1-4-14(2)19(16-10-6-5-7-11-16)21(25)28-15(3)20(24)22-17-12-8-9-13-18(17)23(26)27/h5-15,19H,4H2,1-3H3,(H,22,24)/t14-,15+,19+/m1/s1. The van der Waals surface area contributed by atoms with Crippen molar-refractivity contribution in [2.75, 3.05) is 5.32 Å². The predicted molar refractivity (Wildman–Crippen MR) is 106 cm³/mol. The van der Waals surface area contributed by atoms with Gasteiger partial charge in [-0.05, 0) is 24.5 Å². The summed E-state index contributed by atoms with van der Waals surface area (Å²) in [4.78, 5) is 35.7. The van der Waals surface area contributed by atoms with E-state index in [4.69, 9.17) is 4.74 Å². The van der Waals surface area contributed by atoms with Crippen molar-refractivity contribution in [1.82, 2.24) is 0 Å². The highest BCUT2D eigenvalue weighted by atomic mass is 16.6. The zero-order chi connectivity index (χ0) is 20.7. The molecule has 0 spiro atoms. The van der Waals surface area contributed by atoms with Gasteiger partial charge in [0, 0.05) is 6.07 Å². The molecular weight excluding hydrogens is 360 g/mol. The van der Waals surface area contributed by atoms with Crippen LogP contribution in [-0.2, 0) is 14.3 Å². The molecule has 0 aliphatic rings. The van der Waals surface area contributed by atoms with Crippen molar-refractivity contribution in [2.24, 2.45) is 5.92 Å². The van der Waals surface area contributed by atoms with E-state index < -0.39 is 28.8 Å². The number of amides is 1. The number of ether oxygens (including phenoxy) is 1. The molecule has 0 radical (unpaired) electrons. The van der Waals surface area contributed by atoms with E-state index in [9.17, 15) is 19.7 Å². The molecule has 0 aliphatic heterocycles. The van der Waals surface area contributed by atoms with Gasteiger partial charge in [-0.2, -0.15) is 0 Å². The molecule has 3 atom stereocenters. The van der Waals surface area contributed by atoms with E-state index in [2.05, 4.69) is 5.32 Å². The van der Waals surface area contributed by atoms with E-state index >= 15 is 0 Å².